The minimum atomic E-state index is -0.0342. The summed E-state index contributed by atoms with van der Waals surface area (Å²) in [6, 6.07) is 18.6. The molecule has 2 aromatic carbocycles. The lowest BCUT2D eigenvalue weighted by atomic mass is 9.95. The molecule has 0 spiro atoms. The fraction of sp³-hybridized carbons (Fsp3) is 0.452. The van der Waals surface area contributed by atoms with Gasteiger partial charge < -0.3 is 20.4 Å². The molecule has 6 rings (SSSR count). The predicted octanol–water partition coefficient (Wildman–Crippen LogP) is 4.92. The molecule has 40 heavy (non-hydrogen) atoms. The second kappa shape index (κ2) is 12.2. The van der Waals surface area contributed by atoms with E-state index in [2.05, 4.69) is 67.8 Å². The molecule has 1 amide bonds. The summed E-state index contributed by atoms with van der Waals surface area (Å²) >= 11 is 0. The zero-order chi connectivity index (χ0) is 27.3. The largest absolute Gasteiger partial charge is 0.369 e. The number of benzene rings is 2. The maximum Gasteiger partial charge on any atom is 0.251 e. The van der Waals surface area contributed by atoms with Crippen LogP contribution in [0.25, 0.3) is 0 Å². The summed E-state index contributed by atoms with van der Waals surface area (Å²) in [7, 11) is 2.17. The first kappa shape index (κ1) is 26.5. The topological polar surface area (TPSA) is 85.9 Å². The number of amides is 1. The van der Waals surface area contributed by atoms with Crippen LogP contribution in [0.2, 0.25) is 0 Å². The Morgan fingerprint density at radius 1 is 0.925 bits per heavy atom. The summed E-state index contributed by atoms with van der Waals surface area (Å²) in [6.07, 6.45) is 8.16. The lowest BCUT2D eigenvalue weighted by Crippen LogP contribution is -2.44. The zero-order valence-corrected chi connectivity index (χ0v) is 23.3. The van der Waals surface area contributed by atoms with Gasteiger partial charge in [-0.1, -0.05) is 31.4 Å². The number of carbonyl (C=O) groups excluding carboxylic acids is 1. The summed E-state index contributed by atoms with van der Waals surface area (Å²) in [5, 5.41) is 8.49. The van der Waals surface area contributed by atoms with Crippen LogP contribution < -0.4 is 20.6 Å². The van der Waals surface area contributed by atoms with Crippen LogP contribution >= 0.6 is 0 Å². The van der Waals surface area contributed by atoms with Crippen molar-refractivity contribution in [1.29, 1.82) is 0 Å². The molecular formula is C31H39N7O2. The van der Waals surface area contributed by atoms with Gasteiger partial charge in [-0.2, -0.15) is 0 Å². The summed E-state index contributed by atoms with van der Waals surface area (Å²) in [4.78, 5) is 32.8. The quantitative estimate of drug-likeness (QED) is 0.436. The first-order valence-corrected chi connectivity index (χ1v) is 14.6. The van der Waals surface area contributed by atoms with E-state index in [4.69, 9.17) is 4.84 Å². The van der Waals surface area contributed by atoms with Crippen LogP contribution in [-0.4, -0.2) is 66.7 Å². The third-order valence-electron chi connectivity index (χ3n) is 8.27. The van der Waals surface area contributed by atoms with Crippen molar-refractivity contribution in [3.8, 4) is 0 Å². The smallest absolute Gasteiger partial charge is 0.251 e. The highest BCUT2D eigenvalue weighted by Gasteiger charge is 2.30. The van der Waals surface area contributed by atoms with Gasteiger partial charge in [0, 0.05) is 61.6 Å². The standard InChI is InChI=1S/C31H39N7O2/c1-36-15-17-37(18-16-36)27-12-10-26(11-13-27)34-29-21-30(33-22-32-29)38-28(14-19-40-38)23-6-5-7-24(20-23)31(39)35-25-8-3-2-4-9-25/h5-7,10-13,20-22,25,28H,2-4,8-9,14-19H2,1H3,(H,35,39)(H,32,33,34). The van der Waals surface area contributed by atoms with Crippen LogP contribution in [0.15, 0.2) is 60.9 Å². The molecule has 9 nitrogen and oxygen atoms in total. The molecule has 3 aliphatic rings. The molecule has 3 aromatic rings. The van der Waals surface area contributed by atoms with Crippen molar-refractivity contribution < 1.29 is 9.63 Å². The van der Waals surface area contributed by atoms with Gasteiger partial charge in [0.1, 0.15) is 12.1 Å². The normalized spacial score (nSPS) is 20.5. The van der Waals surface area contributed by atoms with Crippen molar-refractivity contribution in [1.82, 2.24) is 20.2 Å². The number of anilines is 4. The summed E-state index contributed by atoms with van der Waals surface area (Å²) in [5.74, 6) is 1.39. The van der Waals surface area contributed by atoms with Gasteiger partial charge in [-0.25, -0.2) is 15.0 Å². The predicted molar refractivity (Wildman–Crippen MR) is 158 cm³/mol. The van der Waals surface area contributed by atoms with E-state index in [0.29, 0.717) is 23.8 Å². The molecule has 2 N–H and O–H groups in total. The molecule has 0 radical (unpaired) electrons. The number of carbonyl (C=O) groups is 1. The average Bonchev–Trinajstić information content (AvgIpc) is 3.49. The minimum absolute atomic E-state index is 0.00591. The Morgan fingerprint density at radius 3 is 2.52 bits per heavy atom. The summed E-state index contributed by atoms with van der Waals surface area (Å²) in [5.41, 5.74) is 3.95. The van der Waals surface area contributed by atoms with Crippen molar-refractivity contribution >= 4 is 28.9 Å². The number of likely N-dealkylation sites (N-methyl/N-ethyl adjacent to an activating group) is 1. The van der Waals surface area contributed by atoms with Crippen LogP contribution in [0.3, 0.4) is 0 Å². The van der Waals surface area contributed by atoms with Gasteiger partial charge in [0.05, 0.1) is 12.6 Å². The van der Waals surface area contributed by atoms with Crippen LogP contribution in [-0.2, 0) is 4.84 Å². The van der Waals surface area contributed by atoms with Gasteiger partial charge in [0.15, 0.2) is 5.82 Å². The number of nitrogens with one attached hydrogen (secondary N) is 2. The molecule has 2 saturated heterocycles. The highest BCUT2D eigenvalue weighted by atomic mass is 16.7. The van der Waals surface area contributed by atoms with Gasteiger partial charge in [0.2, 0.25) is 0 Å². The molecule has 1 aliphatic carbocycles. The van der Waals surface area contributed by atoms with E-state index in [0.717, 1.165) is 56.7 Å². The summed E-state index contributed by atoms with van der Waals surface area (Å²) < 4.78 is 0. The number of hydrogen-bond acceptors (Lipinski definition) is 8. The summed E-state index contributed by atoms with van der Waals surface area (Å²) in [6.45, 7) is 4.85. The van der Waals surface area contributed by atoms with Crippen LogP contribution in [0.4, 0.5) is 23.0 Å². The van der Waals surface area contributed by atoms with Crippen molar-refractivity contribution in [3.05, 3.63) is 72.1 Å². The second-order valence-electron chi connectivity index (χ2n) is 11.1. The van der Waals surface area contributed by atoms with E-state index in [1.165, 1.54) is 24.9 Å². The number of nitrogens with zero attached hydrogens (tertiary/aromatic N) is 5. The molecular weight excluding hydrogens is 502 g/mol. The molecule has 3 fully saturated rings. The second-order valence-corrected chi connectivity index (χ2v) is 11.1. The Labute approximate surface area is 236 Å². The number of hydrogen-bond donors (Lipinski definition) is 2. The third-order valence-corrected chi connectivity index (χ3v) is 8.27. The van der Waals surface area contributed by atoms with Gasteiger partial charge in [0.25, 0.3) is 5.91 Å². The van der Waals surface area contributed by atoms with Crippen molar-refractivity contribution in [2.24, 2.45) is 0 Å². The Morgan fingerprint density at radius 2 is 1.73 bits per heavy atom. The number of hydroxylamine groups is 1. The number of rotatable bonds is 7. The zero-order valence-electron chi connectivity index (χ0n) is 23.3. The van der Waals surface area contributed by atoms with E-state index in [9.17, 15) is 4.79 Å². The van der Waals surface area contributed by atoms with Crippen molar-refractivity contribution in [2.45, 2.75) is 50.6 Å². The Bertz CT molecular complexity index is 1290. The lowest BCUT2D eigenvalue weighted by molar-refractivity contribution is 0.0927. The SMILES string of the molecule is CN1CCN(c2ccc(Nc3cc(N4OCCC4c4cccc(C(=O)NC5CCCCC5)c4)ncn3)cc2)CC1. The molecule has 3 heterocycles. The van der Waals surface area contributed by atoms with Crippen LogP contribution in [0.5, 0.6) is 0 Å². The van der Waals surface area contributed by atoms with Crippen molar-refractivity contribution in [2.75, 3.05) is 55.1 Å². The van der Waals surface area contributed by atoms with Crippen LogP contribution in [0.1, 0.15) is 60.5 Å². The number of aromatic nitrogens is 2. The van der Waals surface area contributed by atoms with Crippen molar-refractivity contribution in [3.63, 3.8) is 0 Å². The Hall–Kier alpha value is -3.69. The fourth-order valence-corrected chi connectivity index (χ4v) is 5.90. The monoisotopic (exact) mass is 541 g/mol. The molecule has 210 valence electrons. The fourth-order valence-electron chi connectivity index (χ4n) is 5.90. The average molecular weight is 542 g/mol. The minimum Gasteiger partial charge on any atom is -0.369 e. The highest BCUT2D eigenvalue weighted by Crippen LogP contribution is 2.35. The first-order valence-electron chi connectivity index (χ1n) is 14.6. The maximum atomic E-state index is 13.0. The van der Waals surface area contributed by atoms with Gasteiger partial charge in [-0.05, 0) is 61.9 Å². The highest BCUT2D eigenvalue weighted by molar-refractivity contribution is 5.94. The Balaban J connectivity index is 1.12. The molecule has 1 unspecified atom stereocenters. The molecule has 9 heteroatoms. The van der Waals surface area contributed by atoms with E-state index in [1.807, 2.05) is 29.3 Å². The van der Waals surface area contributed by atoms with Gasteiger partial charge in [-0.15, -0.1) is 0 Å². The van der Waals surface area contributed by atoms with Gasteiger partial charge >= 0.3 is 0 Å². The van der Waals surface area contributed by atoms with E-state index in [1.54, 1.807) is 6.33 Å². The van der Waals surface area contributed by atoms with Crippen LogP contribution in [0, 0.1) is 0 Å². The van der Waals surface area contributed by atoms with E-state index in [-0.39, 0.29) is 18.0 Å². The first-order chi connectivity index (χ1) is 19.6. The molecule has 0 bridgehead atoms. The number of piperazine rings is 1. The molecule has 1 aromatic heterocycles. The molecule has 1 atom stereocenters. The third kappa shape index (κ3) is 6.21. The maximum absolute atomic E-state index is 13.0. The lowest BCUT2D eigenvalue weighted by Gasteiger charge is -2.34. The Kier molecular flexibility index (Phi) is 8.11. The molecule has 1 saturated carbocycles. The van der Waals surface area contributed by atoms with E-state index < -0.39 is 0 Å². The van der Waals surface area contributed by atoms with Gasteiger partial charge in [-0.3, -0.25) is 9.63 Å². The van der Waals surface area contributed by atoms with E-state index >= 15 is 0 Å². The molecule has 2 aliphatic heterocycles.